The standard InChI is InChI=1S/C25H24ClN5O3S.C4H5F3/c1-12-9-16(26)29-19(20(12)30-8-4-6-28-24(30)34)14-5-7-27-15-10-13(35-21(14)15)11-31-22(32)17-18(23(31)33)25(17,2)3;1-3(2)4(5,6)7/h5,7,9-10,17-18H,4,6,8,11H2,1-3H3,(H,28,34);1H2,2H3. The summed E-state index contributed by atoms with van der Waals surface area (Å²) in [5, 5.41) is 3.24. The van der Waals surface area contributed by atoms with E-state index in [1.54, 1.807) is 17.2 Å². The zero-order chi connectivity index (χ0) is 30.7. The highest BCUT2D eigenvalue weighted by Crippen LogP contribution is 2.63. The van der Waals surface area contributed by atoms with Gasteiger partial charge in [0.25, 0.3) is 0 Å². The minimum absolute atomic E-state index is 0.0823. The number of alkyl halides is 3. The number of halogens is 4. The summed E-state index contributed by atoms with van der Waals surface area (Å²) in [6.45, 7) is 11.0. The van der Waals surface area contributed by atoms with Crippen molar-refractivity contribution in [3.63, 3.8) is 0 Å². The number of hydrogen-bond acceptors (Lipinski definition) is 6. The number of nitrogens with zero attached hydrogens (tertiary/aromatic N) is 4. The van der Waals surface area contributed by atoms with Crippen LogP contribution in [0.1, 0.15) is 37.6 Å². The molecule has 3 fully saturated rings. The molecular weight excluding hydrogens is 591 g/mol. The molecule has 2 unspecified atom stereocenters. The van der Waals surface area contributed by atoms with Crippen LogP contribution in [0.5, 0.6) is 0 Å². The van der Waals surface area contributed by atoms with E-state index < -0.39 is 11.7 Å². The van der Waals surface area contributed by atoms with Crippen LogP contribution in [0.2, 0.25) is 5.15 Å². The minimum atomic E-state index is -4.19. The third-order valence-electron chi connectivity index (χ3n) is 7.91. The quantitative estimate of drug-likeness (QED) is 0.204. The van der Waals surface area contributed by atoms with Gasteiger partial charge in [-0.05, 0) is 49.4 Å². The van der Waals surface area contributed by atoms with Gasteiger partial charge in [0.1, 0.15) is 5.15 Å². The Kier molecular flexibility index (Phi) is 7.59. The second-order valence-electron chi connectivity index (χ2n) is 11.3. The van der Waals surface area contributed by atoms with Crippen molar-refractivity contribution < 1.29 is 27.6 Å². The molecule has 2 atom stereocenters. The molecule has 0 spiro atoms. The van der Waals surface area contributed by atoms with Gasteiger partial charge in [-0.15, -0.1) is 11.3 Å². The van der Waals surface area contributed by atoms with Crippen molar-refractivity contribution in [1.82, 2.24) is 20.2 Å². The molecular formula is C29H29ClF3N5O3S. The number of hydrogen-bond donors (Lipinski definition) is 1. The summed E-state index contributed by atoms with van der Waals surface area (Å²) in [6, 6.07) is 5.40. The number of aromatic nitrogens is 2. The Morgan fingerprint density at radius 3 is 2.45 bits per heavy atom. The van der Waals surface area contributed by atoms with Crippen LogP contribution in [-0.2, 0) is 16.1 Å². The number of piperidine rings is 1. The maximum atomic E-state index is 12.8. The van der Waals surface area contributed by atoms with Crippen molar-refractivity contribution in [3.05, 3.63) is 52.1 Å². The Bertz CT molecular complexity index is 1610. The highest BCUT2D eigenvalue weighted by Gasteiger charge is 2.72. The van der Waals surface area contributed by atoms with E-state index in [9.17, 15) is 27.6 Å². The molecule has 2 aliphatic heterocycles. The van der Waals surface area contributed by atoms with E-state index in [4.69, 9.17) is 11.6 Å². The number of urea groups is 1. The van der Waals surface area contributed by atoms with Crippen LogP contribution in [0.25, 0.3) is 21.5 Å². The third-order valence-corrected chi connectivity index (χ3v) is 9.25. The van der Waals surface area contributed by atoms with E-state index in [-0.39, 0.29) is 41.6 Å². The van der Waals surface area contributed by atoms with E-state index in [1.165, 1.54) is 16.2 Å². The molecule has 5 heterocycles. The fourth-order valence-corrected chi connectivity index (χ4v) is 6.93. The van der Waals surface area contributed by atoms with Gasteiger partial charge in [-0.1, -0.05) is 32.0 Å². The summed E-state index contributed by atoms with van der Waals surface area (Å²) in [6.07, 6.45) is -1.66. The molecule has 4 amide bonds. The molecule has 2 saturated heterocycles. The Morgan fingerprint density at radius 2 is 1.86 bits per heavy atom. The fourth-order valence-electron chi connectivity index (χ4n) is 5.56. The van der Waals surface area contributed by atoms with Crippen LogP contribution >= 0.6 is 22.9 Å². The summed E-state index contributed by atoms with van der Waals surface area (Å²) in [7, 11) is 0. The number of fused-ring (bicyclic) bond motifs is 2. The topological polar surface area (TPSA) is 95.5 Å². The lowest BCUT2D eigenvalue weighted by Crippen LogP contribution is -2.47. The maximum absolute atomic E-state index is 12.8. The number of carbonyl (C=O) groups is 3. The van der Waals surface area contributed by atoms with Crippen LogP contribution in [0.3, 0.4) is 0 Å². The summed E-state index contributed by atoms with van der Waals surface area (Å²) in [5.74, 6) is -0.563. The molecule has 222 valence electrons. The van der Waals surface area contributed by atoms with Crippen LogP contribution in [0.15, 0.2) is 36.5 Å². The highest BCUT2D eigenvalue weighted by atomic mass is 35.5. The number of pyridine rings is 2. The smallest absolute Gasteiger partial charge is 0.338 e. The van der Waals surface area contributed by atoms with Gasteiger partial charge in [0.15, 0.2) is 0 Å². The van der Waals surface area contributed by atoms with Gasteiger partial charge in [0.2, 0.25) is 11.8 Å². The molecule has 3 aliphatic rings. The van der Waals surface area contributed by atoms with Gasteiger partial charge in [-0.25, -0.2) is 9.78 Å². The summed E-state index contributed by atoms with van der Waals surface area (Å²) in [4.78, 5) is 51.5. The van der Waals surface area contributed by atoms with E-state index in [0.717, 1.165) is 45.3 Å². The number of imide groups is 1. The first-order chi connectivity index (χ1) is 19.6. The van der Waals surface area contributed by atoms with Crippen LogP contribution in [-0.4, -0.2) is 52.0 Å². The molecule has 1 aliphatic carbocycles. The van der Waals surface area contributed by atoms with Gasteiger partial charge in [0.05, 0.1) is 40.0 Å². The van der Waals surface area contributed by atoms with E-state index in [2.05, 4.69) is 21.9 Å². The van der Waals surface area contributed by atoms with E-state index in [1.807, 2.05) is 32.9 Å². The van der Waals surface area contributed by atoms with E-state index in [0.29, 0.717) is 23.9 Å². The van der Waals surface area contributed by atoms with Gasteiger partial charge in [0, 0.05) is 35.3 Å². The number of thiophene rings is 1. The van der Waals surface area contributed by atoms with Crippen LogP contribution in [0, 0.1) is 24.2 Å². The monoisotopic (exact) mass is 619 g/mol. The van der Waals surface area contributed by atoms with Crippen LogP contribution in [0.4, 0.5) is 23.7 Å². The molecule has 6 rings (SSSR count). The fraction of sp³-hybridized carbons (Fsp3) is 0.414. The summed E-state index contributed by atoms with van der Waals surface area (Å²) in [5.41, 5.74) is 2.77. The van der Waals surface area contributed by atoms with Gasteiger partial charge >= 0.3 is 12.2 Å². The maximum Gasteiger partial charge on any atom is 0.411 e. The lowest BCUT2D eigenvalue weighted by atomic mass is 10.1. The number of aryl methyl sites for hydroxylation is 1. The van der Waals surface area contributed by atoms with Crippen molar-refractivity contribution in [3.8, 4) is 11.3 Å². The average molecular weight is 620 g/mol. The number of carbonyl (C=O) groups excluding carboxylic acids is 3. The number of anilines is 1. The number of rotatable bonds is 4. The Morgan fingerprint density at radius 1 is 1.21 bits per heavy atom. The lowest BCUT2D eigenvalue weighted by Gasteiger charge is -2.30. The second-order valence-corrected chi connectivity index (χ2v) is 12.8. The Balaban J connectivity index is 0.000000451. The van der Waals surface area contributed by atoms with Crippen molar-refractivity contribution in [2.24, 2.45) is 17.3 Å². The molecule has 0 aromatic carbocycles. The number of likely N-dealkylation sites (tertiary alicyclic amines) is 1. The number of amides is 4. The normalized spacial score (nSPS) is 21.2. The number of allylic oxidation sites excluding steroid dienone is 1. The predicted molar refractivity (Wildman–Crippen MR) is 155 cm³/mol. The van der Waals surface area contributed by atoms with Crippen molar-refractivity contribution in [1.29, 1.82) is 0 Å². The van der Waals surface area contributed by atoms with Crippen molar-refractivity contribution in [2.75, 3.05) is 18.0 Å². The number of nitrogens with one attached hydrogen (secondary N) is 1. The molecule has 3 aromatic heterocycles. The third kappa shape index (κ3) is 5.26. The van der Waals surface area contributed by atoms with Crippen molar-refractivity contribution >= 4 is 56.7 Å². The first-order valence-electron chi connectivity index (χ1n) is 13.3. The zero-order valence-corrected chi connectivity index (χ0v) is 25.0. The molecule has 8 nitrogen and oxygen atoms in total. The molecule has 42 heavy (non-hydrogen) atoms. The lowest BCUT2D eigenvalue weighted by molar-refractivity contribution is -0.143. The average Bonchev–Trinajstić information content (AvgIpc) is 3.14. The molecule has 3 aromatic rings. The zero-order valence-electron chi connectivity index (χ0n) is 23.4. The Labute approximate surface area is 249 Å². The molecule has 0 bridgehead atoms. The summed E-state index contributed by atoms with van der Waals surface area (Å²) >= 11 is 7.85. The molecule has 1 N–H and O–H groups in total. The first kappa shape index (κ1) is 30.0. The first-order valence-corrected chi connectivity index (χ1v) is 14.5. The van der Waals surface area contributed by atoms with Crippen molar-refractivity contribution in [2.45, 2.75) is 46.8 Å². The van der Waals surface area contributed by atoms with Gasteiger partial charge < -0.3 is 5.32 Å². The predicted octanol–water partition coefficient (Wildman–Crippen LogP) is 6.51. The molecule has 1 saturated carbocycles. The second kappa shape index (κ2) is 10.6. The van der Waals surface area contributed by atoms with Gasteiger partial charge in [-0.3, -0.25) is 24.4 Å². The van der Waals surface area contributed by atoms with E-state index >= 15 is 0 Å². The minimum Gasteiger partial charge on any atom is -0.338 e. The molecule has 13 heteroatoms. The Hall–Kier alpha value is -3.51. The SMILES string of the molecule is C=C(C)C(F)(F)F.Cc1cc(Cl)nc(-c2ccnc3cc(CN4C(=O)C5C(C4=O)C5(C)C)sc23)c1N1CCCNC1=O. The summed E-state index contributed by atoms with van der Waals surface area (Å²) < 4.78 is 34.1. The largest absolute Gasteiger partial charge is 0.411 e. The van der Waals surface area contributed by atoms with Gasteiger partial charge in [-0.2, -0.15) is 13.2 Å². The van der Waals surface area contributed by atoms with Crippen LogP contribution < -0.4 is 10.2 Å². The highest BCUT2D eigenvalue weighted by molar-refractivity contribution is 7.19. The molecule has 0 radical (unpaired) electrons.